The smallest absolute Gasteiger partial charge is 0.143 e. The normalized spacial score (nSPS) is 13.2. The van der Waals surface area contributed by atoms with Crippen molar-refractivity contribution in [3.8, 4) is 11.1 Å². The number of fused-ring (bicyclic) bond motifs is 9. The van der Waals surface area contributed by atoms with Gasteiger partial charge in [-0.15, -0.1) is 0 Å². The first-order chi connectivity index (χ1) is 26.3. The zero-order valence-corrected chi connectivity index (χ0v) is 28.9. The summed E-state index contributed by atoms with van der Waals surface area (Å²) in [7, 11) is 0. The molecule has 8 aromatic carbocycles. The fourth-order valence-electron chi connectivity index (χ4n) is 8.35. The zero-order chi connectivity index (χ0) is 34.9. The highest BCUT2D eigenvalue weighted by Gasteiger charge is 2.24. The van der Waals surface area contributed by atoms with Gasteiger partial charge in [-0.3, -0.25) is 0 Å². The third-order valence-electron chi connectivity index (χ3n) is 10.9. The van der Waals surface area contributed by atoms with Gasteiger partial charge in [-0.05, 0) is 88.7 Å². The van der Waals surface area contributed by atoms with Crippen molar-refractivity contribution < 1.29 is 8.83 Å². The van der Waals surface area contributed by atoms with E-state index in [4.69, 9.17) is 8.83 Å². The number of allylic oxidation sites excluding steroid dienone is 4. The Bertz CT molecular complexity index is 3120. The van der Waals surface area contributed by atoms with Gasteiger partial charge in [-0.1, -0.05) is 127 Å². The van der Waals surface area contributed by atoms with Crippen LogP contribution in [0, 0.1) is 0 Å². The van der Waals surface area contributed by atoms with E-state index in [0.29, 0.717) is 0 Å². The van der Waals surface area contributed by atoms with Gasteiger partial charge in [0.25, 0.3) is 0 Å². The van der Waals surface area contributed by atoms with E-state index in [2.05, 4.69) is 181 Å². The van der Waals surface area contributed by atoms with Gasteiger partial charge in [0.2, 0.25) is 0 Å². The Kier molecular flexibility index (Phi) is 6.68. The lowest BCUT2D eigenvalue weighted by Crippen LogP contribution is -2.11. The molecule has 1 aliphatic carbocycles. The molecule has 0 atom stereocenters. The van der Waals surface area contributed by atoms with Gasteiger partial charge in [-0.2, -0.15) is 0 Å². The predicted octanol–water partition coefficient (Wildman–Crippen LogP) is 14.7. The third kappa shape index (κ3) is 4.74. The minimum Gasteiger partial charge on any atom is -0.455 e. The molecule has 3 nitrogen and oxygen atoms in total. The average Bonchev–Trinajstić information content (AvgIpc) is 3.80. The van der Waals surface area contributed by atoms with Crippen LogP contribution in [0.1, 0.15) is 18.4 Å². The van der Waals surface area contributed by atoms with Crippen LogP contribution in [0.5, 0.6) is 0 Å². The summed E-state index contributed by atoms with van der Waals surface area (Å²) < 4.78 is 13.5. The van der Waals surface area contributed by atoms with Crippen LogP contribution >= 0.6 is 0 Å². The molecule has 0 saturated heterocycles. The van der Waals surface area contributed by atoms with Gasteiger partial charge in [0.05, 0.1) is 16.8 Å². The maximum absolute atomic E-state index is 6.79. The molecule has 10 aromatic rings. The van der Waals surface area contributed by atoms with Crippen LogP contribution in [0.3, 0.4) is 0 Å². The quantitative estimate of drug-likeness (QED) is 0.181. The molecule has 0 bridgehead atoms. The Balaban J connectivity index is 1.17. The number of nitrogens with zero attached hydrogens (tertiary/aromatic N) is 1. The monoisotopic (exact) mass is 679 g/mol. The van der Waals surface area contributed by atoms with Crippen molar-refractivity contribution in [1.82, 2.24) is 0 Å². The molecule has 11 rings (SSSR count). The summed E-state index contributed by atoms with van der Waals surface area (Å²) in [6.45, 7) is 0. The number of hydrogen-bond acceptors (Lipinski definition) is 3. The zero-order valence-electron chi connectivity index (χ0n) is 28.9. The predicted molar refractivity (Wildman–Crippen MR) is 222 cm³/mol. The Labute approximate surface area is 306 Å². The topological polar surface area (TPSA) is 29.5 Å². The van der Waals surface area contributed by atoms with Gasteiger partial charge in [0.1, 0.15) is 22.3 Å². The first-order valence-corrected chi connectivity index (χ1v) is 18.3. The first-order valence-electron chi connectivity index (χ1n) is 18.3. The molecular weight excluding hydrogens is 647 g/mol. The lowest BCUT2D eigenvalue weighted by molar-refractivity contribution is 0.670. The molecule has 0 aliphatic heterocycles. The van der Waals surface area contributed by atoms with Crippen LogP contribution in [0.25, 0.3) is 82.1 Å². The molecule has 250 valence electrons. The van der Waals surface area contributed by atoms with E-state index in [-0.39, 0.29) is 0 Å². The maximum Gasteiger partial charge on any atom is 0.143 e. The summed E-state index contributed by atoms with van der Waals surface area (Å²) in [5.74, 6) is 0. The number of furan rings is 2. The van der Waals surface area contributed by atoms with E-state index in [1.165, 1.54) is 21.9 Å². The summed E-state index contributed by atoms with van der Waals surface area (Å²) in [5.41, 5.74) is 11.3. The van der Waals surface area contributed by atoms with Crippen molar-refractivity contribution >= 4 is 88.1 Å². The number of hydrogen-bond donors (Lipinski definition) is 0. The summed E-state index contributed by atoms with van der Waals surface area (Å²) in [6.07, 6.45) is 9.01. The number of anilines is 3. The van der Waals surface area contributed by atoms with Crippen LogP contribution in [0.15, 0.2) is 185 Å². The van der Waals surface area contributed by atoms with Crippen molar-refractivity contribution in [2.45, 2.75) is 12.8 Å². The Morgan fingerprint density at radius 1 is 0.453 bits per heavy atom. The first kappa shape index (κ1) is 29.8. The lowest BCUT2D eigenvalue weighted by atomic mass is 9.97. The molecule has 2 heterocycles. The Hall–Kier alpha value is -6.84. The highest BCUT2D eigenvalue weighted by atomic mass is 16.3. The maximum atomic E-state index is 6.79. The summed E-state index contributed by atoms with van der Waals surface area (Å²) >= 11 is 0. The van der Waals surface area contributed by atoms with Crippen LogP contribution in [-0.4, -0.2) is 0 Å². The fourth-order valence-corrected chi connectivity index (χ4v) is 8.35. The summed E-state index contributed by atoms with van der Waals surface area (Å²) in [6, 6.07) is 56.4. The number of rotatable bonds is 5. The minimum absolute atomic E-state index is 0.858. The molecule has 1 aliphatic rings. The molecule has 0 radical (unpaired) electrons. The standard InChI is InChI=1S/C50H33NO2/c1-2-12-32(13-3-1)33-24-27-37(28-25-33)51(45-22-11-23-46-48(45)42-29-26-34-14-6-7-17-38(34)49(42)52-46)44-21-9-8-18-39(44)40-19-10-20-41-43-30-35-15-4-5-16-36(35)31-47(43)53-50(40)41/h2,4-31H,1,3H2. The van der Waals surface area contributed by atoms with Gasteiger partial charge >= 0.3 is 0 Å². The molecule has 0 saturated carbocycles. The third-order valence-corrected chi connectivity index (χ3v) is 10.9. The van der Waals surface area contributed by atoms with E-state index < -0.39 is 0 Å². The van der Waals surface area contributed by atoms with Gasteiger partial charge in [-0.25, -0.2) is 0 Å². The highest BCUT2D eigenvalue weighted by molar-refractivity contribution is 6.20. The molecule has 0 spiro atoms. The highest BCUT2D eigenvalue weighted by Crippen LogP contribution is 2.48. The van der Waals surface area contributed by atoms with Gasteiger partial charge < -0.3 is 13.7 Å². The van der Waals surface area contributed by atoms with E-state index >= 15 is 0 Å². The van der Waals surface area contributed by atoms with E-state index in [0.717, 1.165) is 95.7 Å². The summed E-state index contributed by atoms with van der Waals surface area (Å²) in [4.78, 5) is 2.40. The van der Waals surface area contributed by atoms with E-state index in [1.807, 2.05) is 0 Å². The molecule has 53 heavy (non-hydrogen) atoms. The Morgan fingerprint density at radius 2 is 1.17 bits per heavy atom. The van der Waals surface area contributed by atoms with Crippen molar-refractivity contribution in [3.63, 3.8) is 0 Å². The van der Waals surface area contributed by atoms with Crippen molar-refractivity contribution in [3.05, 3.63) is 182 Å². The molecule has 0 N–H and O–H groups in total. The van der Waals surface area contributed by atoms with Crippen LogP contribution < -0.4 is 4.90 Å². The van der Waals surface area contributed by atoms with Crippen LogP contribution in [0.2, 0.25) is 0 Å². The van der Waals surface area contributed by atoms with Gasteiger partial charge in [0, 0.05) is 38.4 Å². The Morgan fingerprint density at radius 3 is 2.04 bits per heavy atom. The molecule has 0 fully saturated rings. The summed E-state index contributed by atoms with van der Waals surface area (Å²) in [5, 5.41) is 9.06. The second kappa shape index (κ2) is 11.9. The van der Waals surface area contributed by atoms with Crippen LogP contribution in [-0.2, 0) is 0 Å². The van der Waals surface area contributed by atoms with Crippen molar-refractivity contribution in [1.29, 1.82) is 0 Å². The largest absolute Gasteiger partial charge is 0.455 e. The van der Waals surface area contributed by atoms with E-state index in [9.17, 15) is 0 Å². The van der Waals surface area contributed by atoms with E-state index in [1.54, 1.807) is 0 Å². The number of para-hydroxylation sites is 2. The fraction of sp³-hybridized carbons (Fsp3) is 0.0400. The molecular formula is C50H33NO2. The lowest BCUT2D eigenvalue weighted by Gasteiger charge is -2.28. The SMILES string of the molecule is C1=CC(c2ccc(N(c3ccccc3-c3cccc4c3oc3cc5ccccc5cc34)c3cccc4oc5c6ccccc6ccc5c34)cc2)=CCC1. The van der Waals surface area contributed by atoms with Gasteiger partial charge in [0.15, 0.2) is 0 Å². The molecule has 3 heteroatoms. The average molecular weight is 680 g/mol. The molecule has 0 amide bonds. The second-order valence-corrected chi connectivity index (χ2v) is 13.9. The van der Waals surface area contributed by atoms with Crippen molar-refractivity contribution in [2.24, 2.45) is 0 Å². The number of benzene rings is 8. The molecule has 0 unspecified atom stereocenters. The minimum atomic E-state index is 0.858. The van der Waals surface area contributed by atoms with Crippen LogP contribution in [0.4, 0.5) is 17.1 Å². The second-order valence-electron chi connectivity index (χ2n) is 13.9. The van der Waals surface area contributed by atoms with Crippen molar-refractivity contribution in [2.75, 3.05) is 4.90 Å². The molecule has 2 aromatic heterocycles.